The fourth-order valence-electron chi connectivity index (χ4n) is 0.750. The third-order valence-corrected chi connectivity index (χ3v) is 1.78. The van der Waals surface area contributed by atoms with Crippen molar-refractivity contribution in [1.29, 1.82) is 0 Å². The molecule has 0 aromatic carbocycles. The van der Waals surface area contributed by atoms with E-state index in [1.807, 2.05) is 0 Å². The van der Waals surface area contributed by atoms with Crippen LogP contribution in [0, 0.1) is 0 Å². The van der Waals surface area contributed by atoms with Gasteiger partial charge in [0.15, 0.2) is 0 Å². The first-order valence-electron chi connectivity index (χ1n) is 5.14. The van der Waals surface area contributed by atoms with Gasteiger partial charge >= 0.3 is 5.97 Å². The highest BCUT2D eigenvalue weighted by Gasteiger charge is 2.11. The third-order valence-electron chi connectivity index (χ3n) is 1.78. The second-order valence-electron chi connectivity index (χ2n) is 3.47. The van der Waals surface area contributed by atoms with Crippen LogP contribution in [0.15, 0.2) is 0 Å². The van der Waals surface area contributed by atoms with Gasteiger partial charge in [-0.2, -0.15) is 0 Å². The second kappa shape index (κ2) is 10.4. The molecule has 0 unspecified atom stereocenters. The average Bonchev–Trinajstić information content (AvgIpc) is 2.25. The molecule has 0 aliphatic carbocycles. The van der Waals surface area contributed by atoms with Gasteiger partial charge in [-0.3, -0.25) is 4.79 Å². The maximum absolute atomic E-state index is 9.93. The molecule has 0 saturated heterocycles. The van der Waals surface area contributed by atoms with Crippen LogP contribution in [0.5, 0.6) is 0 Å². The monoisotopic (exact) mass is 264 g/mol. The molecule has 0 spiro atoms. The van der Waals surface area contributed by atoms with E-state index in [-0.39, 0.29) is 0 Å². The summed E-state index contributed by atoms with van der Waals surface area (Å²) >= 11 is 0. The molecule has 9 nitrogen and oxygen atoms in total. The van der Waals surface area contributed by atoms with Crippen LogP contribution in [-0.2, 0) is 14.4 Å². The van der Waals surface area contributed by atoms with Gasteiger partial charge < -0.3 is 42.1 Å². The van der Waals surface area contributed by atoms with Crippen molar-refractivity contribution in [3.63, 3.8) is 0 Å². The summed E-state index contributed by atoms with van der Waals surface area (Å²) in [7, 11) is 0. The summed E-state index contributed by atoms with van der Waals surface area (Å²) in [6.45, 7) is 0.473. The standard InChI is InChI=1S/C5H12N2O2.C4H7NO4/c6-3-1-2-4(7)5(8)9;5-2(4(8)9)1-3(6)7/h4H,1-3,6-7H2,(H,8,9);2H,1,5H2,(H,6,7)(H,8,9)/p-1/t4-;2-/m00/s1. The number of carboxylic acids is 3. The van der Waals surface area contributed by atoms with Crippen LogP contribution in [-0.4, -0.2) is 41.6 Å². The van der Waals surface area contributed by atoms with Gasteiger partial charge in [0.1, 0.15) is 12.5 Å². The zero-order chi connectivity index (χ0) is 14.7. The van der Waals surface area contributed by atoms with Gasteiger partial charge in [-0.15, -0.1) is 0 Å². The van der Waals surface area contributed by atoms with E-state index in [0.29, 0.717) is 19.4 Å². The molecular formula is C9H18N3O6-. The van der Waals surface area contributed by atoms with Gasteiger partial charge in [0, 0.05) is 6.04 Å². The largest absolute Gasteiger partial charge is 0.548 e. The fraction of sp³-hybridized carbons (Fsp3) is 0.667. The highest BCUT2D eigenvalue weighted by atomic mass is 16.4. The SMILES string of the molecule is NCCC[C@H](N)C(=O)[O-].[NH3+][C@@H](CC(=O)O)C(=O)[O-]. The topological polar surface area (TPSA) is 197 Å². The molecule has 2 atom stereocenters. The molecule has 0 fully saturated rings. The van der Waals surface area contributed by atoms with E-state index in [1.54, 1.807) is 0 Å². The van der Waals surface area contributed by atoms with E-state index < -0.39 is 36.4 Å². The van der Waals surface area contributed by atoms with Crippen LogP contribution in [0.1, 0.15) is 19.3 Å². The van der Waals surface area contributed by atoms with Crippen molar-refractivity contribution in [3.8, 4) is 0 Å². The molecule has 0 amide bonds. The molecule has 106 valence electrons. The quantitative estimate of drug-likeness (QED) is 0.349. The molecule has 0 rings (SSSR count). The van der Waals surface area contributed by atoms with Gasteiger partial charge in [-0.25, -0.2) is 0 Å². The Morgan fingerprint density at radius 2 is 1.72 bits per heavy atom. The molecule has 0 aromatic rings. The maximum Gasteiger partial charge on any atom is 0.309 e. The number of quaternary nitrogens is 1. The lowest BCUT2D eigenvalue weighted by molar-refractivity contribution is -0.436. The summed E-state index contributed by atoms with van der Waals surface area (Å²) < 4.78 is 0. The van der Waals surface area contributed by atoms with Crippen molar-refractivity contribution in [2.75, 3.05) is 6.54 Å². The number of aliphatic carboxylic acids is 3. The Bertz CT molecular complexity index is 283. The number of nitrogens with two attached hydrogens (primary N) is 2. The lowest BCUT2D eigenvalue weighted by Crippen LogP contribution is -2.68. The molecule has 0 aromatic heterocycles. The first kappa shape index (κ1) is 18.6. The van der Waals surface area contributed by atoms with Crippen LogP contribution in [0.3, 0.4) is 0 Å². The summed E-state index contributed by atoms with van der Waals surface area (Å²) in [5.74, 6) is -3.82. The number of hydrogen-bond acceptors (Lipinski definition) is 7. The Morgan fingerprint density at radius 3 is 1.94 bits per heavy atom. The fourth-order valence-corrected chi connectivity index (χ4v) is 0.750. The minimum absolute atomic E-state index is 0.402. The smallest absolute Gasteiger partial charge is 0.309 e. The van der Waals surface area contributed by atoms with Crippen molar-refractivity contribution in [2.45, 2.75) is 31.3 Å². The van der Waals surface area contributed by atoms with Crippen LogP contribution in [0.25, 0.3) is 0 Å². The molecule has 0 saturated carbocycles. The minimum atomic E-state index is -1.43. The first-order valence-corrected chi connectivity index (χ1v) is 5.14. The molecule has 0 radical (unpaired) electrons. The van der Waals surface area contributed by atoms with Gasteiger partial charge in [0.2, 0.25) is 0 Å². The van der Waals surface area contributed by atoms with E-state index in [1.165, 1.54) is 0 Å². The highest BCUT2D eigenvalue weighted by Crippen LogP contribution is 1.89. The molecule has 0 aliphatic rings. The minimum Gasteiger partial charge on any atom is -0.548 e. The van der Waals surface area contributed by atoms with Crippen LogP contribution >= 0.6 is 0 Å². The predicted molar refractivity (Wildman–Crippen MR) is 55.2 cm³/mol. The van der Waals surface area contributed by atoms with Crippen molar-refractivity contribution in [3.05, 3.63) is 0 Å². The lowest BCUT2D eigenvalue weighted by Gasteiger charge is -2.10. The van der Waals surface area contributed by atoms with Gasteiger partial charge in [0.05, 0.1) is 11.9 Å². The normalized spacial score (nSPS) is 12.8. The van der Waals surface area contributed by atoms with Crippen LogP contribution in [0.4, 0.5) is 0 Å². The van der Waals surface area contributed by atoms with E-state index in [2.05, 4.69) is 5.73 Å². The summed E-state index contributed by atoms with van der Waals surface area (Å²) in [6.07, 6.45) is 0.552. The molecule has 9 heteroatoms. The van der Waals surface area contributed by atoms with Gasteiger partial charge in [0.25, 0.3) is 0 Å². The maximum atomic E-state index is 9.93. The van der Waals surface area contributed by atoms with Crippen molar-refractivity contribution in [2.24, 2.45) is 11.5 Å². The molecule has 8 N–H and O–H groups in total. The molecule has 18 heavy (non-hydrogen) atoms. The molecule has 0 heterocycles. The summed E-state index contributed by atoms with van der Waals surface area (Å²) in [5, 5.41) is 27.7. The van der Waals surface area contributed by atoms with E-state index in [9.17, 15) is 24.6 Å². The van der Waals surface area contributed by atoms with E-state index in [4.69, 9.17) is 16.6 Å². The summed E-state index contributed by atoms with van der Waals surface area (Å²) in [4.78, 5) is 29.5. The van der Waals surface area contributed by atoms with Crippen molar-refractivity contribution < 1.29 is 35.4 Å². The Kier molecular flexibility index (Phi) is 10.8. The number of carbonyl (C=O) groups is 3. The zero-order valence-corrected chi connectivity index (χ0v) is 9.83. The van der Waals surface area contributed by atoms with Crippen LogP contribution < -0.4 is 27.4 Å². The number of hydrogen-bond donors (Lipinski definition) is 4. The molecular weight excluding hydrogens is 246 g/mol. The first-order chi connectivity index (χ1) is 8.22. The third kappa shape index (κ3) is 12.4. The van der Waals surface area contributed by atoms with E-state index >= 15 is 0 Å². The van der Waals surface area contributed by atoms with E-state index in [0.717, 1.165) is 0 Å². The molecule has 0 aliphatic heterocycles. The van der Waals surface area contributed by atoms with Crippen LogP contribution in [0.2, 0.25) is 0 Å². The average molecular weight is 264 g/mol. The highest BCUT2D eigenvalue weighted by molar-refractivity contribution is 5.77. The Morgan fingerprint density at radius 1 is 1.22 bits per heavy atom. The lowest BCUT2D eigenvalue weighted by atomic mass is 10.2. The van der Waals surface area contributed by atoms with Crippen molar-refractivity contribution in [1.82, 2.24) is 0 Å². The summed E-state index contributed by atoms with van der Waals surface area (Å²) in [6, 6.07) is -2.00. The van der Waals surface area contributed by atoms with Gasteiger partial charge in [-0.1, -0.05) is 0 Å². The van der Waals surface area contributed by atoms with Gasteiger partial charge in [-0.05, 0) is 19.4 Å². The Balaban J connectivity index is 0. The Hall–Kier alpha value is -1.71. The predicted octanol–water partition coefficient (Wildman–Crippen LogP) is -5.38. The summed E-state index contributed by atoms with van der Waals surface area (Å²) in [5.41, 5.74) is 13.2. The second-order valence-corrected chi connectivity index (χ2v) is 3.47. The number of carboxylic acid groups (broad SMARTS) is 3. The number of rotatable bonds is 7. The number of carbonyl (C=O) groups excluding carboxylic acids is 2. The zero-order valence-electron chi connectivity index (χ0n) is 9.83. The van der Waals surface area contributed by atoms with Crippen molar-refractivity contribution >= 4 is 17.9 Å². The Labute approximate surface area is 104 Å². The molecule has 0 bridgehead atoms.